The Morgan fingerprint density at radius 1 is 0.789 bits per heavy atom. The topological polar surface area (TPSA) is 60.6 Å². The molecule has 0 amide bonds. The van der Waals surface area contributed by atoms with Crippen LogP contribution in [0.1, 0.15) is 112 Å². The predicted molar refractivity (Wildman–Crippen MR) is 161 cm³/mol. The van der Waals surface area contributed by atoms with Crippen molar-refractivity contribution >= 4 is 10.9 Å². The maximum Gasteiger partial charge on any atom is 0.294 e. The Labute approximate surface area is 230 Å². The molecule has 2 aromatic rings. The second kappa shape index (κ2) is 18.5. The van der Waals surface area contributed by atoms with Crippen LogP contribution in [0.5, 0.6) is 17.2 Å². The number of allylic oxidation sites excluding steroid dienone is 3. The molecule has 0 radical (unpaired) electrons. The van der Waals surface area contributed by atoms with E-state index in [1.165, 1.54) is 49.7 Å². The first-order valence-corrected chi connectivity index (χ1v) is 14.8. The van der Waals surface area contributed by atoms with Gasteiger partial charge in [0.15, 0.2) is 5.75 Å². The molecular formula is C33H51NO4. The van der Waals surface area contributed by atoms with E-state index in [1.807, 2.05) is 18.2 Å². The summed E-state index contributed by atoms with van der Waals surface area (Å²) >= 11 is 0. The number of ether oxygens (including phenoxy) is 3. The highest BCUT2D eigenvalue weighted by molar-refractivity contribution is 5.88. The van der Waals surface area contributed by atoms with E-state index in [9.17, 15) is 4.79 Å². The number of benzene rings is 1. The average molecular weight is 526 g/mol. The fourth-order valence-electron chi connectivity index (χ4n) is 4.33. The zero-order valence-electron chi connectivity index (χ0n) is 24.6. The first-order valence-electron chi connectivity index (χ1n) is 14.8. The van der Waals surface area contributed by atoms with Gasteiger partial charge in [0.25, 0.3) is 5.56 Å². The van der Waals surface area contributed by atoms with Gasteiger partial charge >= 0.3 is 0 Å². The molecular weight excluding hydrogens is 474 g/mol. The van der Waals surface area contributed by atoms with Crippen LogP contribution in [0, 0.1) is 0 Å². The van der Waals surface area contributed by atoms with Crippen LogP contribution in [0.15, 0.2) is 46.3 Å². The summed E-state index contributed by atoms with van der Waals surface area (Å²) in [6.07, 6.45) is 18.0. The van der Waals surface area contributed by atoms with Crippen LogP contribution in [0.2, 0.25) is 0 Å². The Hall–Kier alpha value is -2.69. The summed E-state index contributed by atoms with van der Waals surface area (Å²) in [5, 5.41) is 0.829. The lowest BCUT2D eigenvalue weighted by Gasteiger charge is -2.15. The molecule has 0 saturated carbocycles. The number of hydrogen-bond donors (Lipinski definition) is 1. The molecule has 0 aliphatic heterocycles. The van der Waals surface area contributed by atoms with E-state index >= 15 is 0 Å². The first-order chi connectivity index (χ1) is 18.5. The third kappa shape index (κ3) is 11.8. The van der Waals surface area contributed by atoms with E-state index in [2.05, 4.69) is 51.8 Å². The molecule has 5 heteroatoms. The molecule has 1 N–H and O–H groups in total. The highest BCUT2D eigenvalue weighted by atomic mass is 16.5. The SMILES string of the molecule is CCCCCCCCOc1ccc2c(OC/C=C(\C)CCC=C(C)C)c(OCCCCCC)c(=O)[nH]c2c1. The predicted octanol–water partition coefficient (Wildman–Crippen LogP) is 9.30. The molecule has 212 valence electrons. The number of pyridine rings is 1. The Bertz CT molecular complexity index is 1060. The van der Waals surface area contributed by atoms with Crippen LogP contribution < -0.4 is 19.8 Å². The van der Waals surface area contributed by atoms with Crippen molar-refractivity contribution in [2.24, 2.45) is 0 Å². The van der Waals surface area contributed by atoms with Gasteiger partial charge in [-0.05, 0) is 64.7 Å². The molecule has 0 spiro atoms. The third-order valence-electron chi connectivity index (χ3n) is 6.66. The molecule has 0 atom stereocenters. The van der Waals surface area contributed by atoms with Gasteiger partial charge in [0.1, 0.15) is 12.4 Å². The maximum absolute atomic E-state index is 13.0. The number of hydrogen-bond acceptors (Lipinski definition) is 4. The molecule has 38 heavy (non-hydrogen) atoms. The molecule has 0 aliphatic carbocycles. The van der Waals surface area contributed by atoms with Crippen LogP contribution >= 0.6 is 0 Å². The Balaban J connectivity index is 2.15. The van der Waals surface area contributed by atoms with Gasteiger partial charge in [-0.3, -0.25) is 4.79 Å². The standard InChI is InChI=1S/C33H51NO4/c1-6-8-10-12-13-15-22-36-28-19-20-29-30(25-28)34-33(35)32(37-23-14-11-9-7-2)31(29)38-24-21-27(5)18-16-17-26(3)4/h17,19-21,25H,6-16,18,22-24H2,1-5H3,(H,34,35)/b27-21+. The highest BCUT2D eigenvalue weighted by Gasteiger charge is 2.16. The molecule has 1 heterocycles. The van der Waals surface area contributed by atoms with Crippen molar-refractivity contribution < 1.29 is 14.2 Å². The van der Waals surface area contributed by atoms with Gasteiger partial charge in [-0.2, -0.15) is 0 Å². The minimum Gasteiger partial charge on any atom is -0.494 e. The van der Waals surface area contributed by atoms with E-state index < -0.39 is 0 Å². The largest absolute Gasteiger partial charge is 0.494 e. The number of rotatable bonds is 20. The van der Waals surface area contributed by atoms with E-state index in [1.54, 1.807) is 0 Å². The molecule has 0 bridgehead atoms. The second-order valence-electron chi connectivity index (χ2n) is 10.5. The normalized spacial score (nSPS) is 11.6. The van der Waals surface area contributed by atoms with Gasteiger partial charge in [0.05, 0.1) is 18.7 Å². The zero-order chi connectivity index (χ0) is 27.6. The lowest BCUT2D eigenvalue weighted by atomic mass is 10.1. The Morgan fingerprint density at radius 3 is 2.16 bits per heavy atom. The molecule has 5 nitrogen and oxygen atoms in total. The smallest absolute Gasteiger partial charge is 0.294 e. The third-order valence-corrected chi connectivity index (χ3v) is 6.66. The fraction of sp³-hybridized carbons (Fsp3) is 0.606. The van der Waals surface area contributed by atoms with Crippen molar-refractivity contribution in [3.63, 3.8) is 0 Å². The first kappa shape index (κ1) is 31.5. The van der Waals surface area contributed by atoms with E-state index in [4.69, 9.17) is 14.2 Å². The monoisotopic (exact) mass is 525 g/mol. The molecule has 0 unspecified atom stereocenters. The number of unbranched alkanes of at least 4 members (excludes halogenated alkanes) is 8. The van der Waals surface area contributed by atoms with Crippen molar-refractivity contribution in [3.05, 3.63) is 51.9 Å². The van der Waals surface area contributed by atoms with Crippen molar-refractivity contribution in [1.29, 1.82) is 0 Å². The lowest BCUT2D eigenvalue weighted by molar-refractivity contribution is 0.274. The minimum absolute atomic E-state index is 0.264. The molecule has 1 aromatic heterocycles. The second-order valence-corrected chi connectivity index (χ2v) is 10.5. The lowest BCUT2D eigenvalue weighted by Crippen LogP contribution is -2.15. The van der Waals surface area contributed by atoms with Gasteiger partial charge < -0.3 is 19.2 Å². The van der Waals surface area contributed by atoms with Gasteiger partial charge in [0.2, 0.25) is 5.75 Å². The van der Waals surface area contributed by atoms with Crippen LogP contribution in [0.3, 0.4) is 0 Å². The number of aromatic amines is 1. The molecule has 0 aliphatic rings. The van der Waals surface area contributed by atoms with Crippen LogP contribution in [0.25, 0.3) is 10.9 Å². The summed E-state index contributed by atoms with van der Waals surface area (Å²) in [6, 6.07) is 5.81. The van der Waals surface area contributed by atoms with Crippen LogP contribution in [0.4, 0.5) is 0 Å². The van der Waals surface area contributed by atoms with Crippen LogP contribution in [-0.4, -0.2) is 24.8 Å². The van der Waals surface area contributed by atoms with E-state index in [0.717, 1.165) is 49.7 Å². The molecule has 2 rings (SSSR count). The quantitative estimate of drug-likeness (QED) is 0.138. The Morgan fingerprint density at radius 2 is 1.45 bits per heavy atom. The van der Waals surface area contributed by atoms with Crippen molar-refractivity contribution in [1.82, 2.24) is 4.98 Å². The van der Waals surface area contributed by atoms with Crippen molar-refractivity contribution in [3.8, 4) is 17.2 Å². The fourth-order valence-corrected chi connectivity index (χ4v) is 4.33. The summed E-state index contributed by atoms with van der Waals surface area (Å²) in [5.41, 5.74) is 3.04. The summed E-state index contributed by atoms with van der Waals surface area (Å²) in [6.45, 7) is 12.4. The number of fused-ring (bicyclic) bond motifs is 1. The number of nitrogens with one attached hydrogen (secondary N) is 1. The van der Waals surface area contributed by atoms with Crippen molar-refractivity contribution in [2.75, 3.05) is 19.8 Å². The average Bonchev–Trinajstić information content (AvgIpc) is 2.88. The summed E-state index contributed by atoms with van der Waals surface area (Å²) in [4.78, 5) is 16.0. The zero-order valence-corrected chi connectivity index (χ0v) is 24.6. The summed E-state index contributed by atoms with van der Waals surface area (Å²) in [7, 11) is 0. The highest BCUT2D eigenvalue weighted by Crippen LogP contribution is 2.34. The Kier molecular flexibility index (Phi) is 15.4. The van der Waals surface area contributed by atoms with Crippen LogP contribution in [-0.2, 0) is 0 Å². The van der Waals surface area contributed by atoms with Gasteiger partial charge in [-0.25, -0.2) is 0 Å². The summed E-state index contributed by atoms with van der Waals surface area (Å²) in [5.74, 6) is 1.54. The van der Waals surface area contributed by atoms with Gasteiger partial charge in [-0.1, -0.05) is 82.4 Å². The van der Waals surface area contributed by atoms with Crippen molar-refractivity contribution in [2.45, 2.75) is 112 Å². The molecule has 0 saturated heterocycles. The minimum atomic E-state index is -0.264. The number of H-pyrrole nitrogens is 1. The van der Waals surface area contributed by atoms with Gasteiger partial charge in [0, 0.05) is 11.5 Å². The van der Waals surface area contributed by atoms with E-state index in [-0.39, 0.29) is 11.3 Å². The van der Waals surface area contributed by atoms with E-state index in [0.29, 0.717) is 31.1 Å². The molecule has 1 aromatic carbocycles. The maximum atomic E-state index is 13.0. The summed E-state index contributed by atoms with van der Waals surface area (Å²) < 4.78 is 18.2. The number of aromatic nitrogens is 1. The molecule has 0 fully saturated rings. The van der Waals surface area contributed by atoms with Gasteiger partial charge in [-0.15, -0.1) is 0 Å².